The number of hydrogen-bond acceptors (Lipinski definition) is 3. The molecular formula is C14H12ClFN2O3. The summed E-state index contributed by atoms with van der Waals surface area (Å²) in [7, 11) is 0. The van der Waals surface area contributed by atoms with E-state index in [1.54, 1.807) is 0 Å². The number of rotatable bonds is 4. The minimum atomic E-state index is -1.11. The van der Waals surface area contributed by atoms with Crippen LogP contribution in [0.15, 0.2) is 41.3 Å². The number of benzene rings is 1. The van der Waals surface area contributed by atoms with Crippen molar-refractivity contribution in [1.82, 2.24) is 10.3 Å². The lowest BCUT2D eigenvalue weighted by Gasteiger charge is -2.12. The fraction of sp³-hybridized carbons (Fsp3) is 0.143. The summed E-state index contributed by atoms with van der Waals surface area (Å²) < 4.78 is 13.3. The first-order valence-corrected chi connectivity index (χ1v) is 6.45. The molecule has 0 radical (unpaired) electrons. The maximum absolute atomic E-state index is 13.3. The van der Waals surface area contributed by atoms with Crippen molar-refractivity contribution in [1.29, 1.82) is 0 Å². The van der Waals surface area contributed by atoms with E-state index in [0.717, 1.165) is 6.07 Å². The number of aromatic nitrogens is 1. The molecule has 0 fully saturated rings. The molecule has 7 heteroatoms. The summed E-state index contributed by atoms with van der Waals surface area (Å²) >= 11 is 5.55. The second-order valence-corrected chi connectivity index (χ2v) is 4.72. The molecule has 1 atom stereocenters. The van der Waals surface area contributed by atoms with Gasteiger partial charge >= 0.3 is 0 Å². The maximum atomic E-state index is 13.3. The number of carbonyl (C=O) groups is 1. The van der Waals surface area contributed by atoms with E-state index in [9.17, 15) is 19.1 Å². The second-order valence-electron chi connectivity index (χ2n) is 4.31. The lowest BCUT2D eigenvalue weighted by Crippen LogP contribution is -2.32. The van der Waals surface area contributed by atoms with Crippen LogP contribution in [-0.4, -0.2) is 22.5 Å². The molecule has 1 amide bonds. The van der Waals surface area contributed by atoms with E-state index in [0.29, 0.717) is 0 Å². The van der Waals surface area contributed by atoms with Gasteiger partial charge in [-0.25, -0.2) is 4.39 Å². The van der Waals surface area contributed by atoms with E-state index in [1.807, 2.05) is 0 Å². The normalized spacial score (nSPS) is 12.0. The number of pyridine rings is 1. The van der Waals surface area contributed by atoms with Crippen LogP contribution in [0.3, 0.4) is 0 Å². The summed E-state index contributed by atoms with van der Waals surface area (Å²) in [6, 6.07) is 6.75. The van der Waals surface area contributed by atoms with Gasteiger partial charge in [0.15, 0.2) is 0 Å². The minimum absolute atomic E-state index is 0.0502. The lowest BCUT2D eigenvalue weighted by atomic mass is 10.1. The topological polar surface area (TPSA) is 82.2 Å². The summed E-state index contributed by atoms with van der Waals surface area (Å²) in [5.41, 5.74) is -0.312. The summed E-state index contributed by atoms with van der Waals surface area (Å²) in [6.45, 7) is -0.158. The third-order valence-electron chi connectivity index (χ3n) is 2.85. The molecule has 21 heavy (non-hydrogen) atoms. The number of hydrogen-bond donors (Lipinski definition) is 3. The van der Waals surface area contributed by atoms with Gasteiger partial charge in [-0.15, -0.1) is 0 Å². The molecule has 3 N–H and O–H groups in total. The Hall–Kier alpha value is -2.18. The van der Waals surface area contributed by atoms with E-state index in [4.69, 9.17) is 11.6 Å². The highest BCUT2D eigenvalue weighted by molar-refractivity contribution is 6.30. The van der Waals surface area contributed by atoms with Crippen LogP contribution in [-0.2, 0) is 0 Å². The van der Waals surface area contributed by atoms with E-state index in [2.05, 4.69) is 10.3 Å². The van der Waals surface area contributed by atoms with Crippen molar-refractivity contribution in [2.75, 3.05) is 6.54 Å². The Bertz CT molecular complexity index is 717. The number of nitrogens with one attached hydrogen (secondary N) is 2. The number of halogens is 2. The Morgan fingerprint density at radius 1 is 1.43 bits per heavy atom. The second kappa shape index (κ2) is 6.51. The van der Waals surface area contributed by atoms with Crippen molar-refractivity contribution in [2.45, 2.75) is 6.10 Å². The molecule has 0 aliphatic carbocycles. The average molecular weight is 311 g/mol. The van der Waals surface area contributed by atoms with Gasteiger partial charge in [0.05, 0.1) is 11.1 Å². The lowest BCUT2D eigenvalue weighted by molar-refractivity contribution is 0.0914. The Kier molecular flexibility index (Phi) is 4.72. The van der Waals surface area contributed by atoms with Crippen molar-refractivity contribution >= 4 is 17.5 Å². The molecular weight excluding hydrogens is 299 g/mol. The quantitative estimate of drug-likeness (QED) is 0.802. The van der Waals surface area contributed by atoms with Gasteiger partial charge in [-0.3, -0.25) is 9.59 Å². The van der Waals surface area contributed by atoms with Crippen LogP contribution in [0.2, 0.25) is 5.02 Å². The monoisotopic (exact) mass is 310 g/mol. The van der Waals surface area contributed by atoms with Gasteiger partial charge in [0.25, 0.3) is 11.5 Å². The van der Waals surface area contributed by atoms with Crippen LogP contribution >= 0.6 is 11.6 Å². The number of carbonyl (C=O) groups excluding carboxylic acids is 1. The van der Waals surface area contributed by atoms with Gasteiger partial charge in [0, 0.05) is 12.7 Å². The van der Waals surface area contributed by atoms with Crippen LogP contribution in [0.1, 0.15) is 22.0 Å². The molecule has 1 aromatic heterocycles. The van der Waals surface area contributed by atoms with E-state index >= 15 is 0 Å². The predicted octanol–water partition coefficient (Wildman–Crippen LogP) is 1.63. The molecule has 1 unspecified atom stereocenters. The molecule has 1 heterocycles. The van der Waals surface area contributed by atoms with Crippen molar-refractivity contribution < 1.29 is 14.3 Å². The third-order valence-corrected chi connectivity index (χ3v) is 3.15. The van der Waals surface area contributed by atoms with Crippen LogP contribution in [0.4, 0.5) is 4.39 Å². The van der Waals surface area contributed by atoms with Gasteiger partial charge < -0.3 is 15.4 Å². The zero-order chi connectivity index (χ0) is 15.4. The van der Waals surface area contributed by atoms with Gasteiger partial charge in [0.2, 0.25) is 0 Å². The molecule has 110 valence electrons. The van der Waals surface area contributed by atoms with E-state index < -0.39 is 23.4 Å². The summed E-state index contributed by atoms with van der Waals surface area (Å²) in [5.74, 6) is -1.27. The average Bonchev–Trinajstić information content (AvgIpc) is 2.47. The fourth-order valence-corrected chi connectivity index (χ4v) is 1.84. The third kappa shape index (κ3) is 3.68. The summed E-state index contributed by atoms with van der Waals surface area (Å²) in [4.78, 5) is 25.6. The largest absolute Gasteiger partial charge is 0.387 e. The Labute approximate surface area is 124 Å². The van der Waals surface area contributed by atoms with Crippen molar-refractivity contribution in [3.63, 3.8) is 0 Å². The van der Waals surface area contributed by atoms with Gasteiger partial charge in [-0.2, -0.15) is 0 Å². The standard InChI is InChI=1S/C14H12ClFN2O3/c15-10-4-3-8(6-11(10)16)12(19)7-18-14(21)9-2-1-5-17-13(9)20/h1-6,12,19H,7H2,(H,17,20)(H,18,21). The smallest absolute Gasteiger partial charge is 0.260 e. The molecule has 5 nitrogen and oxygen atoms in total. The van der Waals surface area contributed by atoms with Crippen LogP contribution in [0.25, 0.3) is 0 Å². The van der Waals surface area contributed by atoms with Gasteiger partial charge in [-0.05, 0) is 29.8 Å². The molecule has 1 aromatic carbocycles. The zero-order valence-corrected chi connectivity index (χ0v) is 11.5. The highest BCUT2D eigenvalue weighted by Crippen LogP contribution is 2.19. The fourth-order valence-electron chi connectivity index (χ4n) is 1.72. The zero-order valence-electron chi connectivity index (χ0n) is 10.8. The molecule has 0 saturated heterocycles. The van der Waals surface area contributed by atoms with Crippen LogP contribution in [0, 0.1) is 5.82 Å². The predicted molar refractivity (Wildman–Crippen MR) is 75.8 cm³/mol. The molecule has 0 aliphatic heterocycles. The van der Waals surface area contributed by atoms with Crippen LogP contribution < -0.4 is 10.9 Å². The Balaban J connectivity index is 2.02. The molecule has 2 aromatic rings. The van der Waals surface area contributed by atoms with Crippen molar-refractivity contribution in [3.05, 3.63) is 68.8 Å². The number of H-pyrrole nitrogens is 1. The molecule has 0 saturated carbocycles. The minimum Gasteiger partial charge on any atom is -0.387 e. The highest BCUT2D eigenvalue weighted by Gasteiger charge is 2.14. The number of aliphatic hydroxyl groups is 1. The number of amides is 1. The summed E-state index contributed by atoms with van der Waals surface area (Å²) in [6.07, 6.45) is 0.299. The van der Waals surface area contributed by atoms with Crippen molar-refractivity contribution in [2.24, 2.45) is 0 Å². The van der Waals surface area contributed by atoms with Crippen LogP contribution in [0.5, 0.6) is 0 Å². The van der Waals surface area contributed by atoms with E-state index in [-0.39, 0.29) is 22.7 Å². The van der Waals surface area contributed by atoms with Gasteiger partial charge in [0.1, 0.15) is 11.4 Å². The van der Waals surface area contributed by atoms with E-state index in [1.165, 1.54) is 30.5 Å². The first-order chi connectivity index (χ1) is 9.99. The SMILES string of the molecule is O=C(NCC(O)c1ccc(Cl)c(F)c1)c1ccc[nH]c1=O. The molecule has 0 spiro atoms. The molecule has 2 rings (SSSR count). The maximum Gasteiger partial charge on any atom is 0.260 e. The first-order valence-electron chi connectivity index (χ1n) is 6.08. The number of aliphatic hydroxyl groups excluding tert-OH is 1. The Morgan fingerprint density at radius 3 is 2.86 bits per heavy atom. The van der Waals surface area contributed by atoms with Crippen molar-refractivity contribution in [3.8, 4) is 0 Å². The Morgan fingerprint density at radius 2 is 2.19 bits per heavy atom. The number of aromatic amines is 1. The summed E-state index contributed by atoms with van der Waals surface area (Å²) in [5, 5.41) is 12.2. The molecule has 0 aliphatic rings. The molecule has 0 bridgehead atoms. The van der Waals surface area contributed by atoms with Gasteiger partial charge in [-0.1, -0.05) is 17.7 Å². The first kappa shape index (κ1) is 15.2. The highest BCUT2D eigenvalue weighted by atomic mass is 35.5.